The van der Waals surface area contributed by atoms with E-state index < -0.39 is 0 Å². The quantitative estimate of drug-likeness (QED) is 0.689. The molecule has 2 N–H and O–H groups in total. The summed E-state index contributed by atoms with van der Waals surface area (Å²) >= 11 is 0. The highest BCUT2D eigenvalue weighted by molar-refractivity contribution is 4.82. The van der Waals surface area contributed by atoms with E-state index in [0.717, 1.165) is 45.3 Å². The predicted molar refractivity (Wildman–Crippen MR) is 72.6 cm³/mol. The fraction of sp³-hybridized carbons (Fsp3) is 1.00. The molecule has 1 aliphatic rings. The molecular formula is C14H29NO3. The van der Waals surface area contributed by atoms with Crippen molar-refractivity contribution >= 4 is 0 Å². The molecule has 1 rings (SSSR count). The summed E-state index contributed by atoms with van der Waals surface area (Å²) < 4.78 is 5.56. The standard InChI is InChI=1S/C14H29NO3/c1-3-14(4-2,12-17)11-15-7-5-13(6-8-15)18-10-9-16/h13,16-17H,3-12H2,1-2H3. The third kappa shape index (κ3) is 4.50. The summed E-state index contributed by atoms with van der Waals surface area (Å²) in [6, 6.07) is 0. The van der Waals surface area contributed by atoms with Gasteiger partial charge in [-0.1, -0.05) is 13.8 Å². The molecule has 1 saturated heterocycles. The summed E-state index contributed by atoms with van der Waals surface area (Å²) in [5, 5.41) is 18.3. The first kappa shape index (κ1) is 15.9. The molecule has 0 atom stereocenters. The lowest BCUT2D eigenvalue weighted by Crippen LogP contribution is -2.45. The largest absolute Gasteiger partial charge is 0.396 e. The summed E-state index contributed by atoms with van der Waals surface area (Å²) in [4.78, 5) is 2.45. The lowest BCUT2D eigenvalue weighted by atomic mass is 9.82. The number of hydrogen-bond donors (Lipinski definition) is 2. The van der Waals surface area contributed by atoms with Crippen LogP contribution in [0, 0.1) is 5.41 Å². The molecule has 0 aromatic carbocycles. The zero-order valence-corrected chi connectivity index (χ0v) is 11.9. The number of aliphatic hydroxyl groups is 2. The van der Waals surface area contributed by atoms with Crippen molar-refractivity contribution in [3.05, 3.63) is 0 Å². The van der Waals surface area contributed by atoms with Crippen LogP contribution in [-0.4, -0.2) is 60.7 Å². The van der Waals surface area contributed by atoms with Crippen molar-refractivity contribution in [3.8, 4) is 0 Å². The van der Waals surface area contributed by atoms with Gasteiger partial charge in [0.2, 0.25) is 0 Å². The molecule has 4 heteroatoms. The molecule has 0 aliphatic carbocycles. The topological polar surface area (TPSA) is 52.9 Å². The third-order valence-electron chi connectivity index (χ3n) is 4.37. The summed E-state index contributed by atoms with van der Waals surface area (Å²) in [7, 11) is 0. The van der Waals surface area contributed by atoms with Gasteiger partial charge < -0.3 is 19.8 Å². The average molecular weight is 259 g/mol. The highest BCUT2D eigenvalue weighted by Gasteiger charge is 2.30. The summed E-state index contributed by atoms with van der Waals surface area (Å²) in [6.45, 7) is 8.24. The minimum absolute atomic E-state index is 0.0682. The van der Waals surface area contributed by atoms with Crippen LogP contribution in [0.25, 0.3) is 0 Å². The third-order valence-corrected chi connectivity index (χ3v) is 4.37. The van der Waals surface area contributed by atoms with Crippen LogP contribution < -0.4 is 0 Å². The van der Waals surface area contributed by atoms with Crippen LogP contribution in [0.15, 0.2) is 0 Å². The highest BCUT2D eigenvalue weighted by atomic mass is 16.5. The highest BCUT2D eigenvalue weighted by Crippen LogP contribution is 2.28. The van der Waals surface area contributed by atoms with E-state index in [1.165, 1.54) is 0 Å². The molecule has 18 heavy (non-hydrogen) atoms. The second kappa shape index (κ2) is 8.10. The maximum Gasteiger partial charge on any atom is 0.0701 e. The van der Waals surface area contributed by atoms with E-state index in [0.29, 0.717) is 12.7 Å². The van der Waals surface area contributed by atoms with Gasteiger partial charge in [0.1, 0.15) is 0 Å². The van der Waals surface area contributed by atoms with Gasteiger partial charge in [-0.2, -0.15) is 0 Å². The van der Waals surface area contributed by atoms with Gasteiger partial charge in [0.25, 0.3) is 0 Å². The normalized spacial score (nSPS) is 19.3. The van der Waals surface area contributed by atoms with Gasteiger partial charge in [-0.05, 0) is 25.7 Å². The van der Waals surface area contributed by atoms with E-state index in [4.69, 9.17) is 9.84 Å². The Balaban J connectivity index is 2.34. The number of rotatable bonds is 8. The minimum atomic E-state index is 0.0682. The predicted octanol–water partition coefficient (Wildman–Crippen LogP) is 1.26. The van der Waals surface area contributed by atoms with Crippen molar-refractivity contribution in [2.75, 3.05) is 39.5 Å². The molecule has 0 spiro atoms. The Bertz CT molecular complexity index is 203. The Morgan fingerprint density at radius 3 is 2.22 bits per heavy atom. The molecule has 0 saturated carbocycles. The van der Waals surface area contributed by atoms with Gasteiger partial charge in [0.05, 0.1) is 19.3 Å². The fourth-order valence-corrected chi connectivity index (χ4v) is 2.67. The van der Waals surface area contributed by atoms with Crippen LogP contribution in [0.3, 0.4) is 0 Å². The number of likely N-dealkylation sites (tertiary alicyclic amines) is 1. The van der Waals surface area contributed by atoms with Crippen molar-refractivity contribution < 1.29 is 14.9 Å². The van der Waals surface area contributed by atoms with Crippen molar-refractivity contribution in [2.45, 2.75) is 45.6 Å². The van der Waals surface area contributed by atoms with E-state index >= 15 is 0 Å². The van der Waals surface area contributed by atoms with Crippen molar-refractivity contribution in [1.29, 1.82) is 0 Å². The van der Waals surface area contributed by atoms with Gasteiger partial charge >= 0.3 is 0 Å². The van der Waals surface area contributed by atoms with Crippen molar-refractivity contribution in [3.63, 3.8) is 0 Å². The zero-order chi connectivity index (χ0) is 13.4. The molecule has 1 heterocycles. The number of nitrogens with zero attached hydrogens (tertiary/aromatic N) is 1. The Kier molecular flexibility index (Phi) is 7.15. The zero-order valence-electron chi connectivity index (χ0n) is 11.9. The van der Waals surface area contributed by atoms with Gasteiger partial charge in [0, 0.05) is 31.7 Å². The molecule has 0 amide bonds. The summed E-state index contributed by atoms with van der Waals surface area (Å²) in [5.74, 6) is 0. The van der Waals surface area contributed by atoms with Crippen LogP contribution in [0.1, 0.15) is 39.5 Å². The molecule has 0 unspecified atom stereocenters. The minimum Gasteiger partial charge on any atom is -0.396 e. The number of hydrogen-bond acceptors (Lipinski definition) is 4. The van der Waals surface area contributed by atoms with Crippen LogP contribution in [0.2, 0.25) is 0 Å². The lowest BCUT2D eigenvalue weighted by Gasteiger charge is -2.39. The lowest BCUT2D eigenvalue weighted by molar-refractivity contribution is -0.0208. The van der Waals surface area contributed by atoms with Crippen molar-refractivity contribution in [2.24, 2.45) is 5.41 Å². The molecule has 1 fully saturated rings. The smallest absolute Gasteiger partial charge is 0.0701 e. The molecule has 0 radical (unpaired) electrons. The second-order valence-corrected chi connectivity index (χ2v) is 5.44. The molecule has 0 bridgehead atoms. The number of ether oxygens (including phenoxy) is 1. The van der Waals surface area contributed by atoms with E-state index in [9.17, 15) is 5.11 Å². The van der Waals surface area contributed by atoms with Crippen molar-refractivity contribution in [1.82, 2.24) is 4.90 Å². The Labute approximate surface area is 111 Å². The average Bonchev–Trinajstić information content (AvgIpc) is 2.44. The van der Waals surface area contributed by atoms with Crippen LogP contribution >= 0.6 is 0 Å². The van der Waals surface area contributed by atoms with E-state index in [1.54, 1.807) is 0 Å². The maximum absolute atomic E-state index is 9.60. The SMILES string of the molecule is CCC(CC)(CO)CN1CCC(OCCO)CC1. The van der Waals surface area contributed by atoms with E-state index in [1.807, 2.05) is 0 Å². The molecule has 108 valence electrons. The fourth-order valence-electron chi connectivity index (χ4n) is 2.67. The van der Waals surface area contributed by atoms with Crippen LogP contribution in [0.5, 0.6) is 0 Å². The summed E-state index contributed by atoms with van der Waals surface area (Å²) in [6.07, 6.45) is 4.44. The summed E-state index contributed by atoms with van der Waals surface area (Å²) in [5.41, 5.74) is 0.0682. The first-order valence-electron chi connectivity index (χ1n) is 7.25. The van der Waals surface area contributed by atoms with Crippen LogP contribution in [-0.2, 0) is 4.74 Å². The monoisotopic (exact) mass is 259 g/mol. The molecule has 0 aromatic heterocycles. The number of piperidine rings is 1. The molecular weight excluding hydrogens is 230 g/mol. The van der Waals surface area contributed by atoms with Gasteiger partial charge in [-0.3, -0.25) is 0 Å². The molecule has 0 aromatic rings. The second-order valence-electron chi connectivity index (χ2n) is 5.44. The Morgan fingerprint density at radius 2 is 1.78 bits per heavy atom. The van der Waals surface area contributed by atoms with Gasteiger partial charge in [0.15, 0.2) is 0 Å². The first-order chi connectivity index (χ1) is 8.69. The Hall–Kier alpha value is -0.160. The molecule has 4 nitrogen and oxygen atoms in total. The Morgan fingerprint density at radius 1 is 1.17 bits per heavy atom. The first-order valence-corrected chi connectivity index (χ1v) is 7.25. The number of aliphatic hydroxyl groups excluding tert-OH is 2. The van der Waals surface area contributed by atoms with Gasteiger partial charge in [-0.15, -0.1) is 0 Å². The maximum atomic E-state index is 9.60. The molecule has 1 aliphatic heterocycles. The van der Waals surface area contributed by atoms with Crippen LogP contribution in [0.4, 0.5) is 0 Å². The van der Waals surface area contributed by atoms with E-state index in [-0.39, 0.29) is 18.6 Å². The van der Waals surface area contributed by atoms with Gasteiger partial charge in [-0.25, -0.2) is 0 Å². The van der Waals surface area contributed by atoms with E-state index in [2.05, 4.69) is 18.7 Å².